The van der Waals surface area contributed by atoms with Crippen LogP contribution in [0, 0.1) is 6.92 Å². The Balaban J connectivity index is 2.38. The predicted molar refractivity (Wildman–Crippen MR) is 57.0 cm³/mol. The van der Waals surface area contributed by atoms with E-state index in [2.05, 4.69) is 12.0 Å². The first-order valence-electron chi connectivity index (χ1n) is 5.46. The molecule has 1 aromatic rings. The summed E-state index contributed by atoms with van der Waals surface area (Å²) in [7, 11) is 2.01. The molecule has 0 amide bonds. The number of nitrogens with zero attached hydrogens (tertiary/aromatic N) is 2. The zero-order valence-corrected chi connectivity index (χ0v) is 9.08. The van der Waals surface area contributed by atoms with E-state index in [1.807, 2.05) is 11.7 Å². The Morgan fingerprint density at radius 2 is 2.07 bits per heavy atom. The number of aromatic nitrogens is 2. The van der Waals surface area contributed by atoms with Crippen molar-refractivity contribution in [3.63, 3.8) is 0 Å². The minimum absolute atomic E-state index is 0.577. The van der Waals surface area contributed by atoms with E-state index in [0.717, 1.165) is 11.6 Å². The van der Waals surface area contributed by atoms with Crippen molar-refractivity contribution in [1.82, 2.24) is 9.78 Å². The van der Waals surface area contributed by atoms with Crippen LogP contribution >= 0.6 is 0 Å². The third-order valence-corrected chi connectivity index (χ3v) is 3.41. The predicted octanol–water partition coefficient (Wildman–Crippen LogP) is 1.84. The lowest BCUT2D eigenvalue weighted by molar-refractivity contribution is 0.701. The van der Waals surface area contributed by atoms with E-state index in [4.69, 9.17) is 5.73 Å². The molecule has 3 heteroatoms. The summed E-state index contributed by atoms with van der Waals surface area (Å²) in [6.45, 7) is 2.73. The monoisotopic (exact) mass is 193 g/mol. The highest BCUT2D eigenvalue weighted by Crippen LogP contribution is 2.37. The first-order valence-corrected chi connectivity index (χ1v) is 5.46. The van der Waals surface area contributed by atoms with Gasteiger partial charge in [0.05, 0.1) is 5.69 Å². The van der Waals surface area contributed by atoms with Gasteiger partial charge < -0.3 is 5.73 Å². The summed E-state index contributed by atoms with van der Waals surface area (Å²) in [4.78, 5) is 0. The van der Waals surface area contributed by atoms with Gasteiger partial charge in [-0.3, -0.25) is 4.68 Å². The molecule has 0 atom stereocenters. The fourth-order valence-electron chi connectivity index (χ4n) is 2.59. The summed E-state index contributed by atoms with van der Waals surface area (Å²) in [5, 5.41) is 4.46. The van der Waals surface area contributed by atoms with Gasteiger partial charge in [-0.2, -0.15) is 5.10 Å². The molecule has 1 aliphatic carbocycles. The minimum atomic E-state index is 0.577. The van der Waals surface area contributed by atoms with Crippen molar-refractivity contribution < 1.29 is 0 Å². The molecule has 0 bridgehead atoms. The van der Waals surface area contributed by atoms with Crippen LogP contribution in [0.5, 0.6) is 0 Å². The van der Waals surface area contributed by atoms with Gasteiger partial charge >= 0.3 is 0 Å². The van der Waals surface area contributed by atoms with Gasteiger partial charge in [-0.1, -0.05) is 12.8 Å². The molecule has 0 aliphatic heterocycles. The lowest BCUT2D eigenvalue weighted by atomic mass is 9.95. The summed E-state index contributed by atoms with van der Waals surface area (Å²) in [6.07, 6.45) is 5.37. The zero-order valence-electron chi connectivity index (χ0n) is 9.08. The third-order valence-electron chi connectivity index (χ3n) is 3.41. The Morgan fingerprint density at radius 3 is 2.64 bits per heavy atom. The molecule has 1 fully saturated rings. The molecule has 0 aromatic carbocycles. The van der Waals surface area contributed by atoms with Crippen molar-refractivity contribution in [2.75, 3.05) is 0 Å². The molecule has 2 rings (SSSR count). The van der Waals surface area contributed by atoms with Gasteiger partial charge in [-0.05, 0) is 25.7 Å². The smallest absolute Gasteiger partial charge is 0.0797 e. The second-order valence-electron chi connectivity index (χ2n) is 4.25. The summed E-state index contributed by atoms with van der Waals surface area (Å²) < 4.78 is 1.97. The molecule has 0 unspecified atom stereocenters. The van der Waals surface area contributed by atoms with Gasteiger partial charge in [0.15, 0.2) is 0 Å². The van der Waals surface area contributed by atoms with Crippen LogP contribution in [0.4, 0.5) is 0 Å². The molecule has 3 nitrogen and oxygen atoms in total. The zero-order chi connectivity index (χ0) is 10.1. The molecule has 1 saturated carbocycles. The SMILES string of the molecule is Cc1c(C2CCCC2)c(CN)nn1C. The van der Waals surface area contributed by atoms with Gasteiger partial charge in [0, 0.05) is 24.8 Å². The minimum Gasteiger partial charge on any atom is -0.325 e. The van der Waals surface area contributed by atoms with Crippen LogP contribution in [0.2, 0.25) is 0 Å². The lowest BCUT2D eigenvalue weighted by Gasteiger charge is -2.10. The molecule has 1 heterocycles. The Kier molecular flexibility index (Phi) is 2.59. The summed E-state index contributed by atoms with van der Waals surface area (Å²) in [5.41, 5.74) is 9.57. The fraction of sp³-hybridized carbons (Fsp3) is 0.727. The van der Waals surface area contributed by atoms with Crippen molar-refractivity contribution in [2.45, 2.75) is 45.1 Å². The summed E-state index contributed by atoms with van der Waals surface area (Å²) >= 11 is 0. The number of aryl methyl sites for hydroxylation is 1. The lowest BCUT2D eigenvalue weighted by Crippen LogP contribution is -2.03. The molecule has 78 valence electrons. The second kappa shape index (κ2) is 3.73. The van der Waals surface area contributed by atoms with Crippen molar-refractivity contribution in [3.8, 4) is 0 Å². The van der Waals surface area contributed by atoms with Gasteiger partial charge in [-0.15, -0.1) is 0 Å². The first-order chi connectivity index (χ1) is 6.74. The number of nitrogens with two attached hydrogens (primary N) is 1. The van der Waals surface area contributed by atoms with Crippen LogP contribution in [0.1, 0.15) is 48.6 Å². The molecular weight excluding hydrogens is 174 g/mol. The fourth-order valence-corrected chi connectivity index (χ4v) is 2.59. The van der Waals surface area contributed by atoms with Crippen molar-refractivity contribution in [2.24, 2.45) is 12.8 Å². The van der Waals surface area contributed by atoms with Crippen molar-refractivity contribution >= 4 is 0 Å². The van der Waals surface area contributed by atoms with E-state index in [-0.39, 0.29) is 0 Å². The number of rotatable bonds is 2. The highest BCUT2D eigenvalue weighted by Gasteiger charge is 2.24. The van der Waals surface area contributed by atoms with Crippen LogP contribution in [0.3, 0.4) is 0 Å². The second-order valence-corrected chi connectivity index (χ2v) is 4.25. The normalized spacial score (nSPS) is 17.9. The first kappa shape index (κ1) is 9.71. The molecule has 1 aromatic heterocycles. The Bertz CT molecular complexity index is 322. The maximum absolute atomic E-state index is 5.72. The molecule has 2 N–H and O–H groups in total. The van der Waals surface area contributed by atoms with Crippen LogP contribution in [-0.2, 0) is 13.6 Å². The number of hydrogen-bond donors (Lipinski definition) is 1. The van der Waals surface area contributed by atoms with E-state index in [0.29, 0.717) is 6.54 Å². The topological polar surface area (TPSA) is 43.8 Å². The van der Waals surface area contributed by atoms with Gasteiger partial charge in [0.1, 0.15) is 0 Å². The maximum Gasteiger partial charge on any atom is 0.0797 e. The van der Waals surface area contributed by atoms with Gasteiger partial charge in [0.2, 0.25) is 0 Å². The molecule has 1 aliphatic rings. The standard InChI is InChI=1S/C11H19N3/c1-8-11(9-5-3-4-6-9)10(7-12)13-14(8)2/h9H,3-7,12H2,1-2H3. The number of hydrogen-bond acceptors (Lipinski definition) is 2. The van der Waals surface area contributed by atoms with Gasteiger partial charge in [0.25, 0.3) is 0 Å². The average Bonchev–Trinajstić information content (AvgIpc) is 2.76. The van der Waals surface area contributed by atoms with E-state index in [1.54, 1.807) is 0 Å². The van der Waals surface area contributed by atoms with E-state index < -0.39 is 0 Å². The van der Waals surface area contributed by atoms with Gasteiger partial charge in [-0.25, -0.2) is 0 Å². The quantitative estimate of drug-likeness (QED) is 0.779. The van der Waals surface area contributed by atoms with Crippen molar-refractivity contribution in [3.05, 3.63) is 17.0 Å². The molecular formula is C11H19N3. The summed E-state index contributed by atoms with van der Waals surface area (Å²) in [5.74, 6) is 0.724. The molecule has 0 saturated heterocycles. The molecule has 14 heavy (non-hydrogen) atoms. The van der Waals surface area contributed by atoms with Crippen molar-refractivity contribution in [1.29, 1.82) is 0 Å². The van der Waals surface area contributed by atoms with E-state index >= 15 is 0 Å². The summed E-state index contributed by atoms with van der Waals surface area (Å²) in [6, 6.07) is 0. The van der Waals surface area contributed by atoms with Crippen LogP contribution < -0.4 is 5.73 Å². The Hall–Kier alpha value is -0.830. The Labute approximate surface area is 85.3 Å². The average molecular weight is 193 g/mol. The maximum atomic E-state index is 5.72. The highest BCUT2D eigenvalue weighted by atomic mass is 15.3. The largest absolute Gasteiger partial charge is 0.325 e. The van der Waals surface area contributed by atoms with Crippen LogP contribution in [-0.4, -0.2) is 9.78 Å². The molecule has 0 radical (unpaired) electrons. The van der Waals surface area contributed by atoms with Crippen LogP contribution in [0.25, 0.3) is 0 Å². The Morgan fingerprint density at radius 1 is 1.43 bits per heavy atom. The van der Waals surface area contributed by atoms with E-state index in [1.165, 1.54) is 36.9 Å². The van der Waals surface area contributed by atoms with E-state index in [9.17, 15) is 0 Å². The third kappa shape index (κ3) is 1.46. The molecule has 0 spiro atoms. The highest BCUT2D eigenvalue weighted by molar-refractivity contribution is 5.30. The van der Waals surface area contributed by atoms with Crippen LogP contribution in [0.15, 0.2) is 0 Å².